The molecule has 1 fully saturated rings. The van der Waals surface area contributed by atoms with Gasteiger partial charge in [-0.3, -0.25) is 9.59 Å². The third-order valence-corrected chi connectivity index (χ3v) is 5.19. The van der Waals surface area contributed by atoms with Crippen LogP contribution in [0.3, 0.4) is 0 Å². The molecule has 1 aliphatic heterocycles. The van der Waals surface area contributed by atoms with Crippen LogP contribution in [0.5, 0.6) is 5.75 Å². The predicted octanol–water partition coefficient (Wildman–Crippen LogP) is 2.51. The van der Waals surface area contributed by atoms with Gasteiger partial charge in [-0.2, -0.15) is 0 Å². The van der Waals surface area contributed by atoms with Gasteiger partial charge in [0.15, 0.2) is 6.10 Å². The summed E-state index contributed by atoms with van der Waals surface area (Å²) in [5.41, 5.74) is 1.73. The highest BCUT2D eigenvalue weighted by Gasteiger charge is 2.30. The Morgan fingerprint density at radius 3 is 2.62 bits per heavy atom. The molecule has 0 radical (unpaired) electrons. The van der Waals surface area contributed by atoms with Crippen LogP contribution in [0, 0.1) is 6.92 Å². The number of rotatable bonds is 6. The molecule has 0 aliphatic carbocycles. The van der Waals surface area contributed by atoms with E-state index in [4.69, 9.17) is 9.15 Å². The van der Waals surface area contributed by atoms with Crippen LogP contribution in [0.4, 0.5) is 0 Å². The monoisotopic (exact) mass is 400 g/mol. The summed E-state index contributed by atoms with van der Waals surface area (Å²) < 4.78 is 11.4. The smallest absolute Gasteiger partial charge is 0.336 e. The molecule has 1 unspecified atom stereocenters. The standard InChI is InChI=1S/C22H28N2O5/c1-5-7-23-8-9-24(13-19(23)25)22(27)15(4)28-17-10-14(3)11-18-21(17)16(6-2)12-20(26)29-18/h10-12,15H,5-9,13H2,1-4H3. The number of aryl methyl sites for hydroxylation is 2. The molecule has 156 valence electrons. The number of piperazine rings is 1. The van der Waals surface area contributed by atoms with E-state index in [0.717, 1.165) is 17.5 Å². The Morgan fingerprint density at radius 1 is 1.21 bits per heavy atom. The van der Waals surface area contributed by atoms with Gasteiger partial charge >= 0.3 is 5.63 Å². The van der Waals surface area contributed by atoms with Crippen molar-refractivity contribution in [1.29, 1.82) is 0 Å². The summed E-state index contributed by atoms with van der Waals surface area (Å²) in [6.45, 7) is 9.38. The lowest BCUT2D eigenvalue weighted by Gasteiger charge is -2.35. The fraction of sp³-hybridized carbons (Fsp3) is 0.500. The van der Waals surface area contributed by atoms with Crippen LogP contribution in [0.15, 0.2) is 27.4 Å². The molecule has 3 rings (SSSR count). The molecular weight excluding hydrogens is 372 g/mol. The van der Waals surface area contributed by atoms with Crippen molar-refractivity contribution in [3.05, 3.63) is 39.7 Å². The lowest BCUT2D eigenvalue weighted by atomic mass is 10.0. The van der Waals surface area contributed by atoms with Crippen molar-refractivity contribution < 1.29 is 18.7 Å². The quantitative estimate of drug-likeness (QED) is 0.696. The Morgan fingerprint density at radius 2 is 1.97 bits per heavy atom. The van der Waals surface area contributed by atoms with Gasteiger partial charge in [-0.1, -0.05) is 13.8 Å². The van der Waals surface area contributed by atoms with Gasteiger partial charge in [0.2, 0.25) is 5.91 Å². The zero-order valence-electron chi connectivity index (χ0n) is 17.5. The number of nitrogens with zero attached hydrogens (tertiary/aromatic N) is 2. The molecule has 2 heterocycles. The lowest BCUT2D eigenvalue weighted by Crippen LogP contribution is -2.54. The van der Waals surface area contributed by atoms with Crippen molar-refractivity contribution in [2.75, 3.05) is 26.2 Å². The van der Waals surface area contributed by atoms with E-state index < -0.39 is 11.7 Å². The molecule has 0 bridgehead atoms. The fourth-order valence-corrected chi connectivity index (χ4v) is 3.74. The summed E-state index contributed by atoms with van der Waals surface area (Å²) in [6, 6.07) is 5.10. The van der Waals surface area contributed by atoms with Gasteiger partial charge in [0, 0.05) is 25.7 Å². The van der Waals surface area contributed by atoms with E-state index in [9.17, 15) is 14.4 Å². The van der Waals surface area contributed by atoms with Gasteiger partial charge in [0.25, 0.3) is 5.91 Å². The van der Waals surface area contributed by atoms with Gasteiger partial charge in [0.05, 0.1) is 11.9 Å². The minimum Gasteiger partial charge on any atom is -0.480 e. The van der Waals surface area contributed by atoms with Crippen LogP contribution >= 0.6 is 0 Å². The maximum Gasteiger partial charge on any atom is 0.336 e. The Kier molecular flexibility index (Phi) is 6.25. The molecule has 1 aromatic heterocycles. The number of carbonyl (C=O) groups excluding carboxylic acids is 2. The molecule has 1 aliphatic rings. The average Bonchev–Trinajstić information content (AvgIpc) is 2.67. The minimum atomic E-state index is -0.762. The van der Waals surface area contributed by atoms with Crippen LogP contribution in [0.2, 0.25) is 0 Å². The molecule has 1 atom stereocenters. The molecule has 29 heavy (non-hydrogen) atoms. The predicted molar refractivity (Wildman–Crippen MR) is 110 cm³/mol. The van der Waals surface area contributed by atoms with E-state index in [1.807, 2.05) is 26.8 Å². The summed E-state index contributed by atoms with van der Waals surface area (Å²) in [4.78, 5) is 40.3. The number of ether oxygens (including phenoxy) is 1. The van der Waals surface area contributed by atoms with Gasteiger partial charge in [-0.05, 0) is 49.9 Å². The highest BCUT2D eigenvalue weighted by molar-refractivity contribution is 5.90. The lowest BCUT2D eigenvalue weighted by molar-refractivity contribution is -0.148. The van der Waals surface area contributed by atoms with Crippen molar-refractivity contribution >= 4 is 22.8 Å². The maximum absolute atomic E-state index is 12.9. The van der Waals surface area contributed by atoms with E-state index in [2.05, 4.69) is 0 Å². The first-order valence-electron chi connectivity index (χ1n) is 10.1. The zero-order valence-corrected chi connectivity index (χ0v) is 17.5. The van der Waals surface area contributed by atoms with E-state index in [-0.39, 0.29) is 18.4 Å². The first kappa shape index (κ1) is 20.9. The molecular formula is C22H28N2O5. The number of benzene rings is 1. The molecule has 7 heteroatoms. The SMILES string of the molecule is CCCN1CCN(C(=O)C(C)Oc2cc(C)cc3oc(=O)cc(CC)c23)CC1=O. The number of fused-ring (bicyclic) bond motifs is 1. The second-order valence-corrected chi connectivity index (χ2v) is 7.48. The van der Waals surface area contributed by atoms with Crippen molar-refractivity contribution in [3.8, 4) is 5.75 Å². The molecule has 2 aromatic rings. The van der Waals surface area contributed by atoms with Crippen LogP contribution in [-0.4, -0.2) is 53.9 Å². The Hall–Kier alpha value is -2.83. The Bertz CT molecular complexity index is 981. The summed E-state index contributed by atoms with van der Waals surface area (Å²) in [5.74, 6) is 0.256. The highest BCUT2D eigenvalue weighted by atomic mass is 16.5. The summed E-state index contributed by atoms with van der Waals surface area (Å²) in [5, 5.41) is 0.709. The van der Waals surface area contributed by atoms with Gasteiger partial charge in [0.1, 0.15) is 11.3 Å². The van der Waals surface area contributed by atoms with E-state index in [1.54, 1.807) is 22.8 Å². The van der Waals surface area contributed by atoms with Crippen LogP contribution < -0.4 is 10.4 Å². The van der Waals surface area contributed by atoms with E-state index in [1.165, 1.54) is 6.07 Å². The summed E-state index contributed by atoms with van der Waals surface area (Å²) in [6.07, 6.45) is 0.773. The number of hydrogen-bond donors (Lipinski definition) is 0. The van der Waals surface area contributed by atoms with Crippen LogP contribution in [0.1, 0.15) is 38.3 Å². The minimum absolute atomic E-state index is 0.0327. The fourth-order valence-electron chi connectivity index (χ4n) is 3.74. The second-order valence-electron chi connectivity index (χ2n) is 7.48. The van der Waals surface area contributed by atoms with Crippen LogP contribution in [0.25, 0.3) is 11.0 Å². The van der Waals surface area contributed by atoms with E-state index >= 15 is 0 Å². The van der Waals surface area contributed by atoms with Crippen molar-refractivity contribution in [3.63, 3.8) is 0 Å². The van der Waals surface area contributed by atoms with Crippen molar-refractivity contribution in [2.45, 2.75) is 46.6 Å². The number of hydrogen-bond acceptors (Lipinski definition) is 5. The molecule has 2 amide bonds. The molecule has 0 saturated carbocycles. The van der Waals surface area contributed by atoms with Gasteiger partial charge in [-0.15, -0.1) is 0 Å². The summed E-state index contributed by atoms with van der Waals surface area (Å²) in [7, 11) is 0. The Balaban J connectivity index is 1.83. The Labute approximate surface area is 170 Å². The third kappa shape index (κ3) is 4.44. The highest BCUT2D eigenvalue weighted by Crippen LogP contribution is 2.31. The van der Waals surface area contributed by atoms with Gasteiger partial charge < -0.3 is 19.0 Å². The third-order valence-electron chi connectivity index (χ3n) is 5.19. The number of amides is 2. The summed E-state index contributed by atoms with van der Waals surface area (Å²) >= 11 is 0. The maximum atomic E-state index is 12.9. The van der Waals surface area contributed by atoms with Crippen molar-refractivity contribution in [2.24, 2.45) is 0 Å². The van der Waals surface area contributed by atoms with Crippen LogP contribution in [-0.2, 0) is 16.0 Å². The first-order chi connectivity index (χ1) is 13.8. The first-order valence-corrected chi connectivity index (χ1v) is 10.1. The van der Waals surface area contributed by atoms with Crippen molar-refractivity contribution in [1.82, 2.24) is 9.80 Å². The normalized spacial score (nSPS) is 15.7. The largest absolute Gasteiger partial charge is 0.480 e. The molecule has 0 N–H and O–H groups in total. The molecule has 1 saturated heterocycles. The average molecular weight is 400 g/mol. The van der Waals surface area contributed by atoms with Gasteiger partial charge in [-0.25, -0.2) is 4.79 Å². The van der Waals surface area contributed by atoms with E-state index in [0.29, 0.717) is 42.8 Å². The zero-order chi connectivity index (χ0) is 21.1. The molecule has 7 nitrogen and oxygen atoms in total. The second kappa shape index (κ2) is 8.68. The molecule has 1 aromatic carbocycles. The number of carbonyl (C=O) groups is 2. The molecule has 0 spiro atoms. The topological polar surface area (TPSA) is 80.1 Å².